The molecule has 4 nitrogen and oxygen atoms in total. The molecule has 0 spiro atoms. The molecular formula is C17H23FN2O2. The molecule has 1 amide bonds. The molecule has 2 aliphatic rings. The van der Waals surface area contributed by atoms with E-state index < -0.39 is 0 Å². The van der Waals surface area contributed by atoms with E-state index in [0.29, 0.717) is 18.9 Å². The lowest BCUT2D eigenvalue weighted by atomic mass is 10.1. The van der Waals surface area contributed by atoms with Crippen LogP contribution in [0.1, 0.15) is 25.3 Å². The topological polar surface area (TPSA) is 41.6 Å². The smallest absolute Gasteiger partial charge is 0.220 e. The number of halogens is 1. The lowest BCUT2D eigenvalue weighted by Gasteiger charge is -2.33. The number of fused-ring (bicyclic) bond motifs is 1. The number of morpholine rings is 1. The van der Waals surface area contributed by atoms with Crippen molar-refractivity contribution in [2.24, 2.45) is 0 Å². The molecule has 0 aliphatic carbocycles. The summed E-state index contributed by atoms with van der Waals surface area (Å²) < 4.78 is 18.8. The van der Waals surface area contributed by atoms with Crippen molar-refractivity contribution in [1.82, 2.24) is 10.2 Å². The molecule has 120 valence electrons. The Hall–Kier alpha value is -1.46. The van der Waals surface area contributed by atoms with Gasteiger partial charge in [0.05, 0.1) is 12.7 Å². The molecule has 0 unspecified atom stereocenters. The number of carbonyl (C=O) groups is 1. The molecule has 22 heavy (non-hydrogen) atoms. The van der Waals surface area contributed by atoms with Gasteiger partial charge in [-0.25, -0.2) is 4.39 Å². The summed E-state index contributed by atoms with van der Waals surface area (Å²) in [6.07, 6.45) is 2.21. The van der Waals surface area contributed by atoms with Gasteiger partial charge in [-0.3, -0.25) is 9.69 Å². The summed E-state index contributed by atoms with van der Waals surface area (Å²) in [7, 11) is 0. The normalized spacial score (nSPS) is 28.4. The first kappa shape index (κ1) is 15.4. The number of hydrogen-bond acceptors (Lipinski definition) is 3. The van der Waals surface area contributed by atoms with E-state index in [9.17, 15) is 9.18 Å². The molecule has 5 heteroatoms. The minimum Gasteiger partial charge on any atom is -0.376 e. The Bertz CT molecular complexity index is 537. The van der Waals surface area contributed by atoms with Crippen molar-refractivity contribution < 1.29 is 13.9 Å². The van der Waals surface area contributed by atoms with Crippen LogP contribution < -0.4 is 5.32 Å². The van der Waals surface area contributed by atoms with E-state index in [0.717, 1.165) is 31.7 Å². The van der Waals surface area contributed by atoms with Gasteiger partial charge in [-0.05, 0) is 37.5 Å². The highest BCUT2D eigenvalue weighted by Crippen LogP contribution is 2.23. The lowest BCUT2D eigenvalue weighted by Crippen LogP contribution is -2.45. The number of carbonyl (C=O) groups excluding carboxylic acids is 1. The van der Waals surface area contributed by atoms with Crippen LogP contribution in [-0.2, 0) is 16.0 Å². The Morgan fingerprint density at radius 2 is 2.32 bits per heavy atom. The summed E-state index contributed by atoms with van der Waals surface area (Å²) >= 11 is 0. The molecule has 1 aromatic rings. The molecule has 0 aromatic heterocycles. The van der Waals surface area contributed by atoms with Gasteiger partial charge in [0.1, 0.15) is 5.82 Å². The Balaban J connectivity index is 1.44. The molecule has 0 bridgehead atoms. The minimum atomic E-state index is -0.250. The van der Waals surface area contributed by atoms with Gasteiger partial charge in [0, 0.05) is 31.6 Å². The zero-order valence-electron chi connectivity index (χ0n) is 12.9. The molecule has 0 radical (unpaired) electrons. The third kappa shape index (κ3) is 3.84. The van der Waals surface area contributed by atoms with Gasteiger partial charge in [-0.1, -0.05) is 12.1 Å². The Morgan fingerprint density at radius 1 is 1.45 bits per heavy atom. The maximum absolute atomic E-state index is 13.1. The first-order valence-corrected chi connectivity index (χ1v) is 7.99. The van der Waals surface area contributed by atoms with Gasteiger partial charge >= 0.3 is 0 Å². The van der Waals surface area contributed by atoms with Crippen molar-refractivity contribution in [2.45, 2.75) is 44.4 Å². The van der Waals surface area contributed by atoms with Gasteiger partial charge < -0.3 is 10.1 Å². The van der Waals surface area contributed by atoms with Crippen LogP contribution in [0.25, 0.3) is 0 Å². The van der Waals surface area contributed by atoms with Crippen molar-refractivity contribution in [3.63, 3.8) is 0 Å². The number of rotatable bonds is 4. The monoisotopic (exact) mass is 306 g/mol. The largest absolute Gasteiger partial charge is 0.376 e. The molecule has 2 aliphatic heterocycles. The lowest BCUT2D eigenvalue weighted by molar-refractivity contribution is -0.121. The second-order valence-electron chi connectivity index (χ2n) is 6.38. The van der Waals surface area contributed by atoms with E-state index in [1.807, 2.05) is 6.07 Å². The Labute approximate surface area is 130 Å². The summed E-state index contributed by atoms with van der Waals surface area (Å²) in [5, 5.41) is 3.11. The molecule has 2 saturated heterocycles. The van der Waals surface area contributed by atoms with Gasteiger partial charge in [-0.15, -0.1) is 0 Å². The summed E-state index contributed by atoms with van der Waals surface area (Å²) in [6.45, 7) is 4.70. The van der Waals surface area contributed by atoms with Gasteiger partial charge in [0.15, 0.2) is 0 Å². The van der Waals surface area contributed by atoms with Crippen molar-refractivity contribution in [1.29, 1.82) is 0 Å². The maximum atomic E-state index is 13.1. The average molecular weight is 306 g/mol. The first-order valence-electron chi connectivity index (χ1n) is 7.99. The van der Waals surface area contributed by atoms with E-state index in [1.54, 1.807) is 6.07 Å². The molecule has 2 fully saturated rings. The van der Waals surface area contributed by atoms with Gasteiger partial charge in [0.25, 0.3) is 0 Å². The van der Waals surface area contributed by atoms with Gasteiger partial charge in [-0.2, -0.15) is 0 Å². The standard InChI is InChI=1S/C17H23FN2O2/c1-12-9-20-10-15(8-16(20)11-22-12)19-17(21)6-5-13-3-2-4-14(18)7-13/h2-4,7,12,15-16H,5-6,8-11H2,1H3,(H,19,21)/t12-,15-,16+/m1/s1. The highest BCUT2D eigenvalue weighted by atomic mass is 19.1. The number of hydrogen-bond donors (Lipinski definition) is 1. The van der Waals surface area contributed by atoms with Crippen molar-refractivity contribution in [3.8, 4) is 0 Å². The predicted octanol–water partition coefficient (Wildman–Crippen LogP) is 1.74. The SMILES string of the molecule is C[C@@H]1CN2C[C@H](NC(=O)CCc3cccc(F)c3)C[C@H]2CO1. The zero-order valence-corrected chi connectivity index (χ0v) is 12.9. The molecule has 0 saturated carbocycles. The van der Waals surface area contributed by atoms with Crippen molar-refractivity contribution in [2.75, 3.05) is 19.7 Å². The zero-order chi connectivity index (χ0) is 15.5. The fourth-order valence-corrected chi connectivity index (χ4v) is 3.39. The summed E-state index contributed by atoms with van der Waals surface area (Å²) in [5.41, 5.74) is 0.862. The number of benzene rings is 1. The first-order chi connectivity index (χ1) is 10.6. The second-order valence-corrected chi connectivity index (χ2v) is 6.38. The minimum absolute atomic E-state index is 0.0445. The molecule has 1 N–H and O–H groups in total. The third-order valence-electron chi connectivity index (χ3n) is 4.49. The van der Waals surface area contributed by atoms with Crippen LogP contribution >= 0.6 is 0 Å². The highest BCUT2D eigenvalue weighted by Gasteiger charge is 2.36. The number of amides is 1. The molecule has 3 rings (SSSR count). The quantitative estimate of drug-likeness (QED) is 0.921. The van der Waals surface area contributed by atoms with Gasteiger partial charge in [0.2, 0.25) is 5.91 Å². The maximum Gasteiger partial charge on any atom is 0.220 e. The predicted molar refractivity (Wildman–Crippen MR) is 82.0 cm³/mol. The van der Waals surface area contributed by atoms with E-state index in [2.05, 4.69) is 17.1 Å². The summed E-state index contributed by atoms with van der Waals surface area (Å²) in [6, 6.07) is 7.08. The Morgan fingerprint density at radius 3 is 3.14 bits per heavy atom. The van der Waals surface area contributed by atoms with Crippen LogP contribution in [0, 0.1) is 5.82 Å². The second kappa shape index (κ2) is 6.75. The number of nitrogens with one attached hydrogen (secondary N) is 1. The van der Waals surface area contributed by atoms with E-state index in [-0.39, 0.29) is 23.9 Å². The molecular weight excluding hydrogens is 283 g/mol. The number of ether oxygens (including phenoxy) is 1. The third-order valence-corrected chi connectivity index (χ3v) is 4.49. The summed E-state index contributed by atoms with van der Waals surface area (Å²) in [5.74, 6) is -0.206. The van der Waals surface area contributed by atoms with Crippen LogP contribution in [-0.4, -0.2) is 48.7 Å². The fraction of sp³-hybridized carbons (Fsp3) is 0.588. The van der Waals surface area contributed by atoms with Crippen molar-refractivity contribution >= 4 is 5.91 Å². The van der Waals surface area contributed by atoms with E-state index in [4.69, 9.17) is 4.74 Å². The number of aryl methyl sites for hydroxylation is 1. The van der Waals surface area contributed by atoms with Crippen LogP contribution in [0.3, 0.4) is 0 Å². The van der Waals surface area contributed by atoms with E-state index >= 15 is 0 Å². The van der Waals surface area contributed by atoms with Crippen LogP contribution in [0.2, 0.25) is 0 Å². The molecule has 2 heterocycles. The van der Waals surface area contributed by atoms with Crippen LogP contribution in [0.4, 0.5) is 4.39 Å². The van der Waals surface area contributed by atoms with Crippen LogP contribution in [0.5, 0.6) is 0 Å². The fourth-order valence-electron chi connectivity index (χ4n) is 3.39. The van der Waals surface area contributed by atoms with Crippen molar-refractivity contribution in [3.05, 3.63) is 35.6 Å². The Kier molecular flexibility index (Phi) is 4.74. The molecule has 3 atom stereocenters. The summed E-state index contributed by atoms with van der Waals surface area (Å²) in [4.78, 5) is 14.5. The van der Waals surface area contributed by atoms with Crippen LogP contribution in [0.15, 0.2) is 24.3 Å². The number of nitrogens with zero attached hydrogens (tertiary/aromatic N) is 1. The van der Waals surface area contributed by atoms with E-state index in [1.165, 1.54) is 12.1 Å². The molecule has 1 aromatic carbocycles. The average Bonchev–Trinajstić information content (AvgIpc) is 2.86. The highest BCUT2D eigenvalue weighted by molar-refractivity contribution is 5.76.